The van der Waals surface area contributed by atoms with Crippen LogP contribution in [-0.2, 0) is 10.0 Å². The van der Waals surface area contributed by atoms with Crippen molar-refractivity contribution in [3.63, 3.8) is 0 Å². The lowest BCUT2D eigenvalue weighted by Gasteiger charge is -2.52. The zero-order chi connectivity index (χ0) is 14.9. The molecule has 0 aromatic rings. The molecule has 2 heterocycles. The third kappa shape index (κ3) is 3.78. The van der Waals surface area contributed by atoms with E-state index in [-0.39, 0.29) is 11.8 Å². The van der Waals surface area contributed by atoms with Crippen molar-refractivity contribution in [1.82, 2.24) is 14.9 Å². The number of rotatable bonds is 5. The maximum absolute atomic E-state index is 11.6. The Labute approximate surface area is 128 Å². The summed E-state index contributed by atoms with van der Waals surface area (Å²) < 4.78 is 26.0. The Hall–Kier alpha value is -0.170. The van der Waals surface area contributed by atoms with Crippen molar-refractivity contribution in [2.45, 2.75) is 45.1 Å². The molecule has 2 aliphatic heterocycles. The molecule has 0 amide bonds. The van der Waals surface area contributed by atoms with Gasteiger partial charge in [0.25, 0.3) is 0 Å². The lowest BCUT2D eigenvalue weighted by Crippen LogP contribution is -2.55. The summed E-state index contributed by atoms with van der Waals surface area (Å²) in [6, 6.07) is 0.195. The molecule has 0 unspecified atom stereocenters. The van der Waals surface area contributed by atoms with E-state index in [4.69, 9.17) is 0 Å². The van der Waals surface area contributed by atoms with Gasteiger partial charge in [-0.1, -0.05) is 0 Å². The predicted octanol–water partition coefficient (Wildman–Crippen LogP) is 0.780. The first-order chi connectivity index (χ1) is 10.0. The average molecular weight is 315 g/mol. The van der Waals surface area contributed by atoms with Crippen LogP contribution in [0.5, 0.6) is 0 Å². The Morgan fingerprint density at radius 3 is 2.57 bits per heavy atom. The molecule has 0 radical (unpaired) electrons. The highest BCUT2D eigenvalue weighted by molar-refractivity contribution is 7.89. The van der Waals surface area contributed by atoms with E-state index >= 15 is 0 Å². The summed E-state index contributed by atoms with van der Waals surface area (Å²) in [5.74, 6) is 1.03. The number of piperidine rings is 1. The van der Waals surface area contributed by atoms with E-state index in [9.17, 15) is 8.42 Å². The van der Waals surface area contributed by atoms with Crippen LogP contribution in [0.2, 0.25) is 0 Å². The zero-order valence-electron chi connectivity index (χ0n) is 13.1. The van der Waals surface area contributed by atoms with Crippen molar-refractivity contribution < 1.29 is 8.42 Å². The molecule has 6 heteroatoms. The van der Waals surface area contributed by atoms with E-state index in [1.807, 2.05) is 0 Å². The minimum absolute atomic E-state index is 0.194. The van der Waals surface area contributed by atoms with Gasteiger partial charge in [0.15, 0.2) is 0 Å². The van der Waals surface area contributed by atoms with E-state index in [1.54, 1.807) is 6.92 Å². The Morgan fingerprint density at radius 2 is 2.00 bits per heavy atom. The summed E-state index contributed by atoms with van der Waals surface area (Å²) in [4.78, 5) is 2.62. The lowest BCUT2D eigenvalue weighted by atomic mass is 9.60. The molecule has 1 saturated carbocycles. The van der Waals surface area contributed by atoms with Crippen LogP contribution < -0.4 is 10.0 Å². The molecule has 2 saturated heterocycles. The second-order valence-electron chi connectivity index (χ2n) is 7.29. The number of hydrogen-bond acceptors (Lipinski definition) is 4. The topological polar surface area (TPSA) is 61.4 Å². The second kappa shape index (κ2) is 6.14. The molecule has 122 valence electrons. The van der Waals surface area contributed by atoms with Crippen LogP contribution in [0.15, 0.2) is 0 Å². The molecule has 5 nitrogen and oxygen atoms in total. The minimum atomic E-state index is -3.03. The van der Waals surface area contributed by atoms with Gasteiger partial charge in [-0.2, -0.15) is 0 Å². The Balaban J connectivity index is 1.40. The van der Waals surface area contributed by atoms with Crippen molar-refractivity contribution in [1.29, 1.82) is 0 Å². The molecular formula is C15H29N3O2S. The Bertz CT molecular complexity index is 444. The summed E-state index contributed by atoms with van der Waals surface area (Å²) in [7, 11) is -3.03. The van der Waals surface area contributed by atoms with Crippen molar-refractivity contribution in [2.24, 2.45) is 11.3 Å². The number of sulfonamides is 1. The zero-order valence-corrected chi connectivity index (χ0v) is 13.9. The monoisotopic (exact) mass is 315 g/mol. The molecule has 0 aromatic heterocycles. The molecule has 1 aliphatic carbocycles. The summed E-state index contributed by atoms with van der Waals surface area (Å²) in [6.07, 6.45) is 5.91. The minimum Gasteiger partial charge on any atom is -0.316 e. The van der Waals surface area contributed by atoms with Gasteiger partial charge in [-0.25, -0.2) is 13.1 Å². The van der Waals surface area contributed by atoms with Gasteiger partial charge in [-0.3, -0.25) is 0 Å². The van der Waals surface area contributed by atoms with Gasteiger partial charge in [0.1, 0.15) is 0 Å². The van der Waals surface area contributed by atoms with Crippen molar-refractivity contribution >= 4 is 10.0 Å². The maximum atomic E-state index is 11.6. The van der Waals surface area contributed by atoms with Crippen LogP contribution in [0.1, 0.15) is 39.0 Å². The first kappa shape index (κ1) is 15.7. The fourth-order valence-corrected chi connectivity index (χ4v) is 5.10. The Morgan fingerprint density at radius 1 is 1.29 bits per heavy atom. The van der Waals surface area contributed by atoms with E-state index in [1.165, 1.54) is 52.0 Å². The van der Waals surface area contributed by atoms with Gasteiger partial charge >= 0.3 is 0 Å². The van der Waals surface area contributed by atoms with E-state index in [0.717, 1.165) is 18.8 Å². The largest absolute Gasteiger partial charge is 0.316 e. The van der Waals surface area contributed by atoms with Crippen LogP contribution in [0.3, 0.4) is 0 Å². The average Bonchev–Trinajstić information content (AvgIpc) is 2.92. The third-order valence-electron chi connectivity index (χ3n) is 5.68. The first-order valence-corrected chi connectivity index (χ1v) is 10.1. The van der Waals surface area contributed by atoms with Crippen LogP contribution >= 0.6 is 0 Å². The quantitative estimate of drug-likeness (QED) is 0.787. The second-order valence-corrected chi connectivity index (χ2v) is 9.33. The molecule has 3 fully saturated rings. The van der Waals surface area contributed by atoms with Gasteiger partial charge < -0.3 is 10.2 Å². The Kier molecular flexibility index (Phi) is 4.60. The molecule has 1 atom stereocenters. The molecule has 0 aromatic carbocycles. The molecule has 2 N–H and O–H groups in total. The van der Waals surface area contributed by atoms with Gasteiger partial charge in [0, 0.05) is 12.6 Å². The van der Waals surface area contributed by atoms with E-state index in [0.29, 0.717) is 5.41 Å². The van der Waals surface area contributed by atoms with Crippen molar-refractivity contribution in [3.05, 3.63) is 0 Å². The smallest absolute Gasteiger partial charge is 0.211 e. The highest BCUT2D eigenvalue weighted by Crippen LogP contribution is 2.49. The van der Waals surface area contributed by atoms with Crippen LogP contribution in [-0.4, -0.2) is 57.8 Å². The molecule has 3 rings (SSSR count). The lowest BCUT2D eigenvalue weighted by molar-refractivity contribution is 0.00936. The fourth-order valence-electron chi connectivity index (χ4n) is 4.26. The third-order valence-corrected chi connectivity index (χ3v) is 7.13. The molecule has 21 heavy (non-hydrogen) atoms. The van der Waals surface area contributed by atoms with E-state index in [2.05, 4.69) is 14.9 Å². The molecule has 3 aliphatic rings. The van der Waals surface area contributed by atoms with Crippen molar-refractivity contribution in [2.75, 3.05) is 38.5 Å². The summed E-state index contributed by atoms with van der Waals surface area (Å²) >= 11 is 0. The normalized spacial score (nSPS) is 30.6. The number of nitrogens with one attached hydrogen (secondary N) is 2. The summed E-state index contributed by atoms with van der Waals surface area (Å²) in [6.45, 7) is 7.71. The van der Waals surface area contributed by atoms with Gasteiger partial charge in [0.05, 0.1) is 5.75 Å². The highest BCUT2D eigenvalue weighted by Gasteiger charge is 2.46. The van der Waals surface area contributed by atoms with Gasteiger partial charge in [-0.15, -0.1) is 0 Å². The SMILES string of the molecule is CCS(=O)(=O)NC1CC2(CCN(C[C@@H]3CCNC3)CC2)C1. The van der Waals surface area contributed by atoms with Crippen LogP contribution in [0.25, 0.3) is 0 Å². The first-order valence-electron chi connectivity index (χ1n) is 8.43. The number of likely N-dealkylation sites (tertiary alicyclic amines) is 1. The number of hydrogen-bond donors (Lipinski definition) is 2. The summed E-state index contributed by atoms with van der Waals surface area (Å²) in [5.41, 5.74) is 0.436. The highest BCUT2D eigenvalue weighted by atomic mass is 32.2. The summed E-state index contributed by atoms with van der Waals surface area (Å²) in [5, 5.41) is 3.44. The predicted molar refractivity (Wildman–Crippen MR) is 84.7 cm³/mol. The van der Waals surface area contributed by atoms with Crippen molar-refractivity contribution in [3.8, 4) is 0 Å². The maximum Gasteiger partial charge on any atom is 0.211 e. The van der Waals surface area contributed by atoms with Gasteiger partial charge in [0.2, 0.25) is 10.0 Å². The van der Waals surface area contributed by atoms with Gasteiger partial charge in [-0.05, 0) is 76.5 Å². The standard InChI is InChI=1S/C15H29N3O2S/c1-2-21(19,20)17-14-9-15(10-14)4-7-18(8-5-15)12-13-3-6-16-11-13/h13-14,16-17H,2-12H2,1H3/t13-/m1/s1. The van der Waals surface area contributed by atoms with Crippen LogP contribution in [0.4, 0.5) is 0 Å². The molecule has 1 spiro atoms. The number of nitrogens with zero attached hydrogens (tertiary/aromatic N) is 1. The van der Waals surface area contributed by atoms with E-state index < -0.39 is 10.0 Å². The van der Waals surface area contributed by atoms with Crippen LogP contribution in [0, 0.1) is 11.3 Å². The fraction of sp³-hybridized carbons (Fsp3) is 1.00. The molecular weight excluding hydrogens is 286 g/mol. The molecule has 0 bridgehead atoms.